The number of aliphatic hydroxyl groups is 1. The zero-order chi connectivity index (χ0) is 14.2. The zero-order valence-corrected chi connectivity index (χ0v) is 13.5. The SMILES string of the molecule is CC1(C)CN(C2CCOC3(CCSC3)C2)CC(CO)O1. The van der Waals surface area contributed by atoms with Crippen LogP contribution in [-0.2, 0) is 9.47 Å². The molecule has 0 aromatic heterocycles. The first-order valence-electron chi connectivity index (χ1n) is 7.76. The van der Waals surface area contributed by atoms with E-state index in [4.69, 9.17) is 9.47 Å². The molecule has 1 spiro atoms. The van der Waals surface area contributed by atoms with E-state index in [0.717, 1.165) is 38.3 Å². The van der Waals surface area contributed by atoms with E-state index < -0.39 is 0 Å². The Hall–Kier alpha value is 0.190. The van der Waals surface area contributed by atoms with Crippen molar-refractivity contribution in [2.75, 3.05) is 37.8 Å². The van der Waals surface area contributed by atoms with Crippen LogP contribution >= 0.6 is 11.8 Å². The molecule has 3 saturated heterocycles. The molecular formula is C15H27NO3S. The third-order valence-electron chi connectivity index (χ3n) is 4.76. The van der Waals surface area contributed by atoms with Crippen LogP contribution in [-0.4, -0.2) is 71.2 Å². The second-order valence-corrected chi connectivity index (χ2v) is 8.20. The van der Waals surface area contributed by atoms with Gasteiger partial charge >= 0.3 is 0 Å². The van der Waals surface area contributed by atoms with Crippen LogP contribution in [0.25, 0.3) is 0 Å². The van der Waals surface area contributed by atoms with Crippen molar-refractivity contribution in [2.24, 2.45) is 0 Å². The van der Waals surface area contributed by atoms with Gasteiger partial charge in [0.25, 0.3) is 0 Å². The van der Waals surface area contributed by atoms with Gasteiger partial charge in [0.1, 0.15) is 0 Å². The van der Waals surface area contributed by atoms with E-state index in [-0.39, 0.29) is 23.9 Å². The Bertz CT molecular complexity index is 344. The summed E-state index contributed by atoms with van der Waals surface area (Å²) < 4.78 is 12.1. The smallest absolute Gasteiger partial charge is 0.0940 e. The van der Waals surface area contributed by atoms with Crippen molar-refractivity contribution in [3.05, 3.63) is 0 Å². The van der Waals surface area contributed by atoms with Crippen LogP contribution in [0, 0.1) is 0 Å². The minimum absolute atomic E-state index is 0.0458. The number of thioether (sulfide) groups is 1. The maximum absolute atomic E-state index is 9.46. The first kappa shape index (κ1) is 15.1. The summed E-state index contributed by atoms with van der Waals surface area (Å²) in [5.74, 6) is 2.39. The predicted octanol–water partition coefficient (Wildman–Crippen LogP) is 1.51. The van der Waals surface area contributed by atoms with E-state index in [0.29, 0.717) is 6.04 Å². The molecule has 0 aromatic rings. The van der Waals surface area contributed by atoms with Crippen LogP contribution in [0.4, 0.5) is 0 Å². The number of aliphatic hydroxyl groups excluding tert-OH is 1. The van der Waals surface area contributed by atoms with Gasteiger partial charge in [-0.2, -0.15) is 11.8 Å². The Morgan fingerprint density at radius 2 is 2.25 bits per heavy atom. The van der Waals surface area contributed by atoms with Gasteiger partial charge in [-0.05, 0) is 38.9 Å². The Morgan fingerprint density at radius 3 is 2.95 bits per heavy atom. The number of nitrogens with zero attached hydrogens (tertiary/aromatic N) is 1. The molecule has 0 amide bonds. The highest BCUT2D eigenvalue weighted by atomic mass is 32.2. The van der Waals surface area contributed by atoms with E-state index in [1.807, 2.05) is 11.8 Å². The number of rotatable bonds is 2. The van der Waals surface area contributed by atoms with Crippen LogP contribution in [0.15, 0.2) is 0 Å². The van der Waals surface area contributed by atoms with Crippen LogP contribution in [0.1, 0.15) is 33.1 Å². The molecule has 0 saturated carbocycles. The molecule has 5 heteroatoms. The molecule has 0 aromatic carbocycles. The normalized spacial score (nSPS) is 42.1. The summed E-state index contributed by atoms with van der Waals surface area (Å²) in [6.45, 7) is 7.06. The molecule has 3 aliphatic heterocycles. The minimum atomic E-state index is -0.165. The fourth-order valence-electron chi connectivity index (χ4n) is 3.89. The van der Waals surface area contributed by atoms with E-state index in [1.165, 1.54) is 12.2 Å². The molecule has 3 rings (SSSR count). The fourth-order valence-corrected chi connectivity index (χ4v) is 5.27. The summed E-state index contributed by atoms with van der Waals surface area (Å²) in [5.41, 5.74) is -0.0354. The molecular weight excluding hydrogens is 274 g/mol. The van der Waals surface area contributed by atoms with Crippen LogP contribution < -0.4 is 0 Å². The topological polar surface area (TPSA) is 41.9 Å². The van der Waals surface area contributed by atoms with Gasteiger partial charge in [-0.15, -0.1) is 0 Å². The molecule has 20 heavy (non-hydrogen) atoms. The maximum atomic E-state index is 9.46. The van der Waals surface area contributed by atoms with Crippen LogP contribution in [0.2, 0.25) is 0 Å². The van der Waals surface area contributed by atoms with Crippen LogP contribution in [0.5, 0.6) is 0 Å². The first-order valence-corrected chi connectivity index (χ1v) is 8.92. The van der Waals surface area contributed by atoms with Gasteiger partial charge < -0.3 is 14.6 Å². The van der Waals surface area contributed by atoms with Gasteiger partial charge in [-0.3, -0.25) is 4.90 Å². The van der Waals surface area contributed by atoms with E-state index >= 15 is 0 Å². The molecule has 0 aliphatic carbocycles. The van der Waals surface area contributed by atoms with Crippen molar-refractivity contribution in [1.82, 2.24) is 4.90 Å². The molecule has 3 aliphatic rings. The molecule has 1 N–H and O–H groups in total. The first-order chi connectivity index (χ1) is 9.52. The van der Waals surface area contributed by atoms with Crippen molar-refractivity contribution in [3.63, 3.8) is 0 Å². The summed E-state index contributed by atoms with van der Waals surface area (Å²) in [6, 6.07) is 0.583. The average molecular weight is 301 g/mol. The van der Waals surface area contributed by atoms with Gasteiger partial charge in [-0.1, -0.05) is 0 Å². The quantitative estimate of drug-likeness (QED) is 0.837. The lowest BCUT2D eigenvalue weighted by Gasteiger charge is -2.49. The largest absolute Gasteiger partial charge is 0.394 e. The molecule has 0 bridgehead atoms. The van der Waals surface area contributed by atoms with Gasteiger partial charge in [0.15, 0.2) is 0 Å². The van der Waals surface area contributed by atoms with Crippen molar-refractivity contribution < 1.29 is 14.6 Å². The van der Waals surface area contributed by atoms with Crippen molar-refractivity contribution in [2.45, 2.75) is 56.5 Å². The molecule has 0 radical (unpaired) electrons. The third kappa shape index (κ3) is 3.17. The van der Waals surface area contributed by atoms with Crippen molar-refractivity contribution in [1.29, 1.82) is 0 Å². The summed E-state index contributed by atoms with van der Waals surface area (Å²) in [6.07, 6.45) is 3.41. The summed E-state index contributed by atoms with van der Waals surface area (Å²) in [4.78, 5) is 2.54. The number of morpholine rings is 1. The van der Waals surface area contributed by atoms with Gasteiger partial charge in [0.2, 0.25) is 0 Å². The second-order valence-electron chi connectivity index (χ2n) is 7.09. The van der Waals surface area contributed by atoms with Gasteiger partial charge in [-0.25, -0.2) is 0 Å². The number of hydrogen-bond donors (Lipinski definition) is 1. The molecule has 116 valence electrons. The Morgan fingerprint density at radius 1 is 1.40 bits per heavy atom. The highest BCUT2D eigenvalue weighted by molar-refractivity contribution is 7.99. The highest BCUT2D eigenvalue weighted by Crippen LogP contribution is 2.40. The standard InChI is InChI=1S/C15H27NO3S/c1-14(2)10-16(8-13(9-17)19-14)12-3-5-18-15(7-12)4-6-20-11-15/h12-13,17H,3-11H2,1-2H3. The summed E-state index contributed by atoms with van der Waals surface area (Å²) >= 11 is 2.02. The van der Waals surface area contributed by atoms with Crippen molar-refractivity contribution in [3.8, 4) is 0 Å². The minimum Gasteiger partial charge on any atom is -0.394 e. The molecule has 3 atom stereocenters. The van der Waals surface area contributed by atoms with Gasteiger partial charge in [0.05, 0.1) is 23.9 Å². The highest BCUT2D eigenvalue weighted by Gasteiger charge is 2.44. The lowest BCUT2D eigenvalue weighted by atomic mass is 9.88. The maximum Gasteiger partial charge on any atom is 0.0940 e. The Balaban J connectivity index is 1.68. The van der Waals surface area contributed by atoms with Crippen molar-refractivity contribution >= 4 is 11.8 Å². The molecule has 3 unspecified atom stereocenters. The third-order valence-corrected chi connectivity index (χ3v) is 5.98. The number of hydrogen-bond acceptors (Lipinski definition) is 5. The fraction of sp³-hybridized carbons (Fsp3) is 1.00. The number of ether oxygens (including phenoxy) is 2. The second kappa shape index (κ2) is 5.76. The lowest BCUT2D eigenvalue weighted by Crippen LogP contribution is -2.59. The Labute approximate surface area is 126 Å². The zero-order valence-electron chi connectivity index (χ0n) is 12.6. The van der Waals surface area contributed by atoms with Crippen LogP contribution in [0.3, 0.4) is 0 Å². The average Bonchev–Trinajstić information content (AvgIpc) is 2.85. The monoisotopic (exact) mass is 301 g/mol. The summed E-state index contributed by atoms with van der Waals surface area (Å²) in [7, 11) is 0. The molecule has 4 nitrogen and oxygen atoms in total. The van der Waals surface area contributed by atoms with E-state index in [2.05, 4.69) is 18.7 Å². The Kier molecular flexibility index (Phi) is 4.35. The molecule has 3 fully saturated rings. The lowest BCUT2D eigenvalue weighted by molar-refractivity contribution is -0.172. The summed E-state index contributed by atoms with van der Waals surface area (Å²) in [5, 5.41) is 9.46. The van der Waals surface area contributed by atoms with Gasteiger partial charge in [0, 0.05) is 31.5 Å². The predicted molar refractivity (Wildman–Crippen MR) is 81.3 cm³/mol. The molecule has 3 heterocycles. The van der Waals surface area contributed by atoms with E-state index in [1.54, 1.807) is 0 Å². The van der Waals surface area contributed by atoms with E-state index in [9.17, 15) is 5.11 Å².